The second kappa shape index (κ2) is 62.5. The summed E-state index contributed by atoms with van der Waals surface area (Å²) in [5.74, 6) is -2.00. The van der Waals surface area contributed by atoms with Crippen molar-refractivity contribution >= 4 is 17.9 Å². The summed E-state index contributed by atoms with van der Waals surface area (Å²) in [4.78, 5) is 37.5. The van der Waals surface area contributed by atoms with E-state index in [1.54, 1.807) is 0 Å². The summed E-state index contributed by atoms with van der Waals surface area (Å²) >= 11 is 0. The van der Waals surface area contributed by atoms with Gasteiger partial charge >= 0.3 is 17.9 Å². The number of hydrogen-bond acceptors (Lipinski definition) is 7. The third-order valence-corrected chi connectivity index (χ3v) is 14.6. The van der Waals surface area contributed by atoms with Gasteiger partial charge in [0.25, 0.3) is 6.29 Å². The maximum absolute atomic E-state index is 12.9. The normalized spacial score (nSPS) is 13.2. The highest BCUT2D eigenvalue weighted by Crippen LogP contribution is 2.17. The third kappa shape index (κ3) is 63.9. The molecule has 9 nitrogen and oxygen atoms in total. The molecule has 0 aliphatic heterocycles. The number of aliphatic carboxylic acids is 1. The van der Waals surface area contributed by atoms with Crippen LogP contribution >= 0.6 is 0 Å². The molecule has 9 heteroatoms. The second-order valence-electron chi connectivity index (χ2n) is 23.7. The highest BCUT2D eigenvalue weighted by molar-refractivity contribution is 5.71. The van der Waals surface area contributed by atoms with Gasteiger partial charge in [-0.15, -0.1) is 0 Å². The number of hydrogen-bond donors (Lipinski definition) is 1. The lowest BCUT2D eigenvalue weighted by molar-refractivity contribution is -0.870. The Labute approximate surface area is 500 Å². The van der Waals surface area contributed by atoms with Gasteiger partial charge in [0.05, 0.1) is 34.4 Å². The summed E-state index contributed by atoms with van der Waals surface area (Å²) in [5, 5.41) is 9.73. The Balaban J connectivity index is 4.04. The predicted molar refractivity (Wildman–Crippen MR) is 346 cm³/mol. The van der Waals surface area contributed by atoms with Gasteiger partial charge in [-0.3, -0.25) is 9.59 Å². The topological polar surface area (TPSA) is 108 Å². The Morgan fingerprint density at radius 1 is 0.383 bits per heavy atom. The summed E-state index contributed by atoms with van der Waals surface area (Å²) < 4.78 is 23.0. The SMILES string of the molecule is CC/C=C\C/C=C\C/C=C\C/C=C\C/C=C\CCCCCCCCCCCCCCCCCCCCCCCC(=O)OC(COC(=O)CCCCCCCCCCC/C=C\C/C=C\CCCCC)COC(OCC[N+](C)(C)C)C(=O)O. The molecule has 0 spiro atoms. The molecule has 0 heterocycles. The first kappa shape index (κ1) is 77.5. The number of carbonyl (C=O) groups excluding carboxylic acids is 2. The van der Waals surface area contributed by atoms with Gasteiger partial charge in [-0.05, 0) is 89.9 Å². The maximum atomic E-state index is 12.9. The zero-order valence-electron chi connectivity index (χ0n) is 53.4. The number of ether oxygens (including phenoxy) is 4. The fourth-order valence-electron chi connectivity index (χ4n) is 9.48. The summed E-state index contributed by atoms with van der Waals surface area (Å²) in [5.41, 5.74) is 0. The van der Waals surface area contributed by atoms with Gasteiger partial charge in [0.2, 0.25) is 0 Å². The van der Waals surface area contributed by atoms with Gasteiger partial charge in [0.15, 0.2) is 6.10 Å². The molecule has 0 aromatic rings. The quantitative estimate of drug-likeness (QED) is 0.0211. The van der Waals surface area contributed by atoms with Crippen molar-refractivity contribution in [3.05, 3.63) is 85.1 Å². The van der Waals surface area contributed by atoms with E-state index in [1.807, 2.05) is 21.1 Å². The zero-order valence-corrected chi connectivity index (χ0v) is 53.4. The third-order valence-electron chi connectivity index (χ3n) is 14.6. The summed E-state index contributed by atoms with van der Waals surface area (Å²) in [6, 6.07) is 0. The first-order valence-corrected chi connectivity index (χ1v) is 33.8. The number of allylic oxidation sites excluding steroid dienone is 14. The molecule has 0 aromatic carbocycles. The smallest absolute Gasteiger partial charge is 0.361 e. The standard InChI is InChI=1S/C72H127NO8/c1-6-8-10-12-14-16-18-20-22-24-26-27-28-29-30-31-32-33-34-35-36-37-38-39-40-41-42-43-45-47-49-51-53-55-57-59-61-63-70(75)81-68(67-80-72(71(76)77)78-65-64-73(3,4)5)66-79-69(74)62-60-58-56-54-52-50-48-46-44-25-23-21-19-17-15-13-11-9-7-2/h8,10,14-17,20-23,26-27,29-30,68,72H,6-7,9,11-13,18-19,24-25,28,31-67H2,1-5H3/p+1/b10-8-,16-14-,17-15-,22-20-,23-21-,27-26-,30-29-. The van der Waals surface area contributed by atoms with Crippen LogP contribution in [0.3, 0.4) is 0 Å². The highest BCUT2D eigenvalue weighted by atomic mass is 16.7. The summed E-state index contributed by atoms with van der Waals surface area (Å²) in [6.07, 6.45) is 81.2. The van der Waals surface area contributed by atoms with Crippen LogP contribution in [0.1, 0.15) is 296 Å². The number of nitrogens with zero attached hydrogens (tertiary/aromatic N) is 1. The molecule has 0 fully saturated rings. The number of carboxylic acids is 1. The van der Waals surface area contributed by atoms with Crippen LogP contribution in [0.4, 0.5) is 0 Å². The number of carboxylic acid groups (broad SMARTS) is 1. The molecule has 2 atom stereocenters. The van der Waals surface area contributed by atoms with Crippen molar-refractivity contribution < 1.29 is 42.9 Å². The van der Waals surface area contributed by atoms with Crippen LogP contribution < -0.4 is 0 Å². The van der Waals surface area contributed by atoms with Crippen molar-refractivity contribution in [3.63, 3.8) is 0 Å². The molecular formula is C72H128NO8+. The van der Waals surface area contributed by atoms with E-state index in [1.165, 1.54) is 193 Å². The van der Waals surface area contributed by atoms with E-state index in [4.69, 9.17) is 18.9 Å². The molecule has 81 heavy (non-hydrogen) atoms. The van der Waals surface area contributed by atoms with Crippen LogP contribution in [0, 0.1) is 0 Å². The fraction of sp³-hybridized carbons (Fsp3) is 0.764. The second-order valence-corrected chi connectivity index (χ2v) is 23.7. The van der Waals surface area contributed by atoms with Crippen molar-refractivity contribution in [2.24, 2.45) is 0 Å². The molecule has 0 bridgehead atoms. The lowest BCUT2D eigenvalue weighted by Crippen LogP contribution is -2.40. The molecule has 2 unspecified atom stereocenters. The molecule has 0 aliphatic rings. The minimum Gasteiger partial charge on any atom is -0.477 e. The molecule has 0 aliphatic carbocycles. The van der Waals surface area contributed by atoms with Crippen molar-refractivity contribution in [3.8, 4) is 0 Å². The molecule has 0 aromatic heterocycles. The van der Waals surface area contributed by atoms with Crippen molar-refractivity contribution in [1.82, 2.24) is 0 Å². The first-order valence-electron chi connectivity index (χ1n) is 33.8. The molecule has 468 valence electrons. The van der Waals surface area contributed by atoms with E-state index in [0.29, 0.717) is 17.4 Å². The first-order chi connectivity index (χ1) is 39.6. The summed E-state index contributed by atoms with van der Waals surface area (Å²) in [7, 11) is 5.98. The number of esters is 2. The van der Waals surface area contributed by atoms with E-state index >= 15 is 0 Å². The monoisotopic (exact) mass is 1130 g/mol. The number of carbonyl (C=O) groups is 3. The number of rotatable bonds is 62. The largest absolute Gasteiger partial charge is 0.477 e. The van der Waals surface area contributed by atoms with Gasteiger partial charge < -0.3 is 28.5 Å². The molecular weight excluding hydrogens is 1010 g/mol. The van der Waals surface area contributed by atoms with Crippen molar-refractivity contribution in [1.29, 1.82) is 0 Å². The van der Waals surface area contributed by atoms with Gasteiger partial charge in [0, 0.05) is 12.8 Å². The number of unbranched alkanes of at least 4 members (excludes halogenated alkanes) is 33. The van der Waals surface area contributed by atoms with Crippen molar-refractivity contribution in [2.45, 2.75) is 309 Å². The molecule has 0 rings (SSSR count). The Morgan fingerprint density at radius 2 is 0.704 bits per heavy atom. The maximum Gasteiger partial charge on any atom is 0.361 e. The average molecular weight is 1140 g/mol. The molecule has 0 amide bonds. The van der Waals surface area contributed by atoms with Crippen LogP contribution in [0.25, 0.3) is 0 Å². The number of quaternary nitrogens is 1. The summed E-state index contributed by atoms with van der Waals surface area (Å²) in [6.45, 7) is 4.76. The predicted octanol–water partition coefficient (Wildman–Crippen LogP) is 20.7. The molecule has 1 N–H and O–H groups in total. The minimum atomic E-state index is -1.51. The lowest BCUT2D eigenvalue weighted by atomic mass is 10.0. The average Bonchev–Trinajstić information content (AvgIpc) is 3.44. The molecule has 0 radical (unpaired) electrons. The number of likely N-dealkylation sites (N-methyl/N-ethyl adjacent to an activating group) is 1. The Kier molecular flexibility index (Phi) is 59.8. The fourth-order valence-corrected chi connectivity index (χ4v) is 9.48. The Bertz CT molecular complexity index is 1600. The van der Waals surface area contributed by atoms with E-state index in [-0.39, 0.29) is 32.2 Å². The van der Waals surface area contributed by atoms with Gasteiger partial charge in [-0.2, -0.15) is 0 Å². The van der Waals surface area contributed by atoms with E-state index in [0.717, 1.165) is 77.0 Å². The van der Waals surface area contributed by atoms with E-state index in [9.17, 15) is 19.5 Å². The zero-order chi connectivity index (χ0) is 59.1. The van der Waals surface area contributed by atoms with Crippen LogP contribution in [-0.2, 0) is 33.3 Å². The Morgan fingerprint density at radius 3 is 1.05 bits per heavy atom. The van der Waals surface area contributed by atoms with Crippen molar-refractivity contribution in [2.75, 3.05) is 47.5 Å². The molecule has 0 saturated carbocycles. The van der Waals surface area contributed by atoms with Crippen LogP contribution in [0.2, 0.25) is 0 Å². The van der Waals surface area contributed by atoms with E-state index in [2.05, 4.69) is 98.9 Å². The highest BCUT2D eigenvalue weighted by Gasteiger charge is 2.25. The van der Waals surface area contributed by atoms with Crippen LogP contribution in [-0.4, -0.2) is 87.4 Å². The van der Waals surface area contributed by atoms with Crippen LogP contribution in [0.5, 0.6) is 0 Å². The van der Waals surface area contributed by atoms with Gasteiger partial charge in [-0.25, -0.2) is 4.79 Å². The lowest BCUT2D eigenvalue weighted by Gasteiger charge is -2.25. The van der Waals surface area contributed by atoms with Gasteiger partial charge in [0.1, 0.15) is 13.2 Å². The van der Waals surface area contributed by atoms with E-state index < -0.39 is 24.3 Å². The van der Waals surface area contributed by atoms with Gasteiger partial charge in [-0.1, -0.05) is 279 Å². The Hall–Kier alpha value is -3.53. The van der Waals surface area contributed by atoms with Crippen LogP contribution in [0.15, 0.2) is 85.1 Å². The molecule has 0 saturated heterocycles. The minimum absolute atomic E-state index is 0.183.